The SMILES string of the molecule is CCSCC(C)Nc1nc(CC)nc(N)c1C. The first-order chi connectivity index (χ1) is 8.08. The Labute approximate surface area is 108 Å². The molecular weight excluding hydrogens is 232 g/mol. The normalized spacial score (nSPS) is 12.5. The van der Waals surface area contributed by atoms with Crippen molar-refractivity contribution in [1.82, 2.24) is 9.97 Å². The molecule has 0 aliphatic heterocycles. The molecule has 0 fully saturated rings. The number of nitrogens with zero attached hydrogens (tertiary/aromatic N) is 2. The van der Waals surface area contributed by atoms with Crippen LogP contribution in [0.5, 0.6) is 0 Å². The van der Waals surface area contributed by atoms with E-state index < -0.39 is 0 Å². The van der Waals surface area contributed by atoms with E-state index in [4.69, 9.17) is 5.73 Å². The zero-order valence-electron chi connectivity index (χ0n) is 11.1. The van der Waals surface area contributed by atoms with Crippen LogP contribution in [-0.4, -0.2) is 27.5 Å². The number of anilines is 2. The van der Waals surface area contributed by atoms with Gasteiger partial charge in [0.25, 0.3) is 0 Å². The zero-order chi connectivity index (χ0) is 12.8. The molecule has 1 aromatic rings. The van der Waals surface area contributed by atoms with Crippen LogP contribution in [0.2, 0.25) is 0 Å². The molecule has 3 N–H and O–H groups in total. The van der Waals surface area contributed by atoms with E-state index in [1.54, 1.807) is 0 Å². The Hall–Kier alpha value is -0.970. The zero-order valence-corrected chi connectivity index (χ0v) is 11.9. The molecule has 4 nitrogen and oxygen atoms in total. The van der Waals surface area contributed by atoms with Gasteiger partial charge in [-0.1, -0.05) is 13.8 Å². The number of nitrogens with two attached hydrogens (primary N) is 1. The van der Waals surface area contributed by atoms with Gasteiger partial charge in [0.15, 0.2) is 0 Å². The van der Waals surface area contributed by atoms with Crippen LogP contribution < -0.4 is 11.1 Å². The standard InChI is InChI=1S/C12H22N4S/c1-5-10-15-11(13)9(4)12(16-10)14-8(3)7-17-6-2/h8H,5-7H2,1-4H3,(H3,13,14,15,16). The predicted molar refractivity (Wildman–Crippen MR) is 76.6 cm³/mol. The van der Waals surface area contributed by atoms with Crippen LogP contribution in [0.3, 0.4) is 0 Å². The Bertz CT molecular complexity index is 368. The first-order valence-corrected chi connectivity index (χ1v) is 7.21. The average molecular weight is 254 g/mol. The molecule has 17 heavy (non-hydrogen) atoms. The summed E-state index contributed by atoms with van der Waals surface area (Å²) >= 11 is 1.92. The third kappa shape index (κ3) is 4.07. The van der Waals surface area contributed by atoms with E-state index in [0.29, 0.717) is 11.9 Å². The number of aromatic nitrogens is 2. The van der Waals surface area contributed by atoms with E-state index in [1.807, 2.05) is 25.6 Å². The molecule has 1 unspecified atom stereocenters. The summed E-state index contributed by atoms with van der Waals surface area (Å²) in [7, 11) is 0. The van der Waals surface area contributed by atoms with E-state index in [1.165, 1.54) is 0 Å². The van der Waals surface area contributed by atoms with Crippen molar-refractivity contribution in [1.29, 1.82) is 0 Å². The van der Waals surface area contributed by atoms with Crippen molar-refractivity contribution in [2.24, 2.45) is 0 Å². The largest absolute Gasteiger partial charge is 0.383 e. The van der Waals surface area contributed by atoms with Gasteiger partial charge in [-0.2, -0.15) is 11.8 Å². The lowest BCUT2D eigenvalue weighted by Crippen LogP contribution is -2.21. The first kappa shape index (κ1) is 14.1. The van der Waals surface area contributed by atoms with Gasteiger partial charge in [-0.05, 0) is 19.6 Å². The molecule has 1 rings (SSSR count). The molecule has 0 spiro atoms. The highest BCUT2D eigenvalue weighted by molar-refractivity contribution is 7.99. The highest BCUT2D eigenvalue weighted by Gasteiger charge is 2.10. The molecule has 1 heterocycles. The molecule has 1 atom stereocenters. The molecule has 0 saturated heterocycles. The Balaban J connectivity index is 2.78. The minimum Gasteiger partial charge on any atom is -0.383 e. The molecule has 0 radical (unpaired) electrons. The second kappa shape index (κ2) is 6.69. The molecule has 0 aliphatic carbocycles. The molecule has 0 amide bonds. The molecule has 0 saturated carbocycles. The van der Waals surface area contributed by atoms with Gasteiger partial charge < -0.3 is 11.1 Å². The monoisotopic (exact) mass is 254 g/mol. The van der Waals surface area contributed by atoms with Crippen LogP contribution in [0.15, 0.2) is 0 Å². The minimum absolute atomic E-state index is 0.387. The predicted octanol–water partition coefficient (Wildman–Crippen LogP) is 2.48. The van der Waals surface area contributed by atoms with Crippen LogP contribution in [0.4, 0.5) is 11.6 Å². The van der Waals surface area contributed by atoms with Gasteiger partial charge in [0.1, 0.15) is 17.5 Å². The second-order valence-electron chi connectivity index (χ2n) is 4.06. The summed E-state index contributed by atoms with van der Waals surface area (Å²) in [4.78, 5) is 8.73. The summed E-state index contributed by atoms with van der Waals surface area (Å²) in [5, 5.41) is 3.41. The summed E-state index contributed by atoms with van der Waals surface area (Å²) in [6.45, 7) is 8.31. The van der Waals surface area contributed by atoms with E-state index in [0.717, 1.165) is 35.1 Å². The molecular formula is C12H22N4S. The fraction of sp³-hybridized carbons (Fsp3) is 0.667. The quantitative estimate of drug-likeness (QED) is 0.816. The van der Waals surface area contributed by atoms with Crippen molar-refractivity contribution in [3.05, 3.63) is 11.4 Å². The highest BCUT2D eigenvalue weighted by atomic mass is 32.2. The summed E-state index contributed by atoms with van der Waals surface area (Å²) in [5.41, 5.74) is 6.82. The van der Waals surface area contributed by atoms with E-state index in [2.05, 4.69) is 29.1 Å². The lowest BCUT2D eigenvalue weighted by atomic mass is 10.2. The van der Waals surface area contributed by atoms with Crippen LogP contribution in [0, 0.1) is 6.92 Å². The maximum atomic E-state index is 5.88. The molecule has 0 aliphatic rings. The van der Waals surface area contributed by atoms with Crippen molar-refractivity contribution < 1.29 is 0 Å². The maximum absolute atomic E-state index is 5.88. The Morgan fingerprint density at radius 2 is 2.06 bits per heavy atom. The van der Waals surface area contributed by atoms with Crippen molar-refractivity contribution in [2.45, 2.75) is 40.2 Å². The summed E-state index contributed by atoms with van der Waals surface area (Å²) < 4.78 is 0. The summed E-state index contributed by atoms with van der Waals surface area (Å²) in [5.74, 6) is 4.46. The second-order valence-corrected chi connectivity index (χ2v) is 5.38. The number of hydrogen-bond acceptors (Lipinski definition) is 5. The highest BCUT2D eigenvalue weighted by Crippen LogP contribution is 2.19. The molecule has 5 heteroatoms. The number of rotatable bonds is 6. The maximum Gasteiger partial charge on any atom is 0.135 e. The van der Waals surface area contributed by atoms with E-state index in [-0.39, 0.29) is 0 Å². The fourth-order valence-corrected chi connectivity index (χ4v) is 2.12. The van der Waals surface area contributed by atoms with E-state index in [9.17, 15) is 0 Å². The lowest BCUT2D eigenvalue weighted by molar-refractivity contribution is 0.873. The number of nitrogens with one attached hydrogen (secondary N) is 1. The molecule has 96 valence electrons. The Kier molecular flexibility index (Phi) is 5.55. The van der Waals surface area contributed by atoms with Gasteiger partial charge in [0.05, 0.1) is 0 Å². The molecule has 1 aromatic heterocycles. The number of nitrogen functional groups attached to an aromatic ring is 1. The van der Waals surface area contributed by atoms with Crippen molar-refractivity contribution >= 4 is 23.4 Å². The third-order valence-corrected chi connectivity index (χ3v) is 3.65. The Morgan fingerprint density at radius 1 is 1.35 bits per heavy atom. The van der Waals surface area contributed by atoms with Crippen LogP contribution in [-0.2, 0) is 6.42 Å². The van der Waals surface area contributed by atoms with Gasteiger partial charge in [-0.3, -0.25) is 0 Å². The summed E-state index contributed by atoms with van der Waals surface area (Å²) in [6.07, 6.45) is 0.803. The van der Waals surface area contributed by atoms with Gasteiger partial charge in [0.2, 0.25) is 0 Å². The van der Waals surface area contributed by atoms with Crippen LogP contribution in [0.1, 0.15) is 32.2 Å². The topological polar surface area (TPSA) is 63.8 Å². The smallest absolute Gasteiger partial charge is 0.135 e. The van der Waals surface area contributed by atoms with Crippen molar-refractivity contribution in [3.63, 3.8) is 0 Å². The molecule has 0 bridgehead atoms. The number of thioether (sulfide) groups is 1. The lowest BCUT2D eigenvalue weighted by Gasteiger charge is -2.16. The summed E-state index contributed by atoms with van der Waals surface area (Å²) in [6, 6.07) is 0.387. The van der Waals surface area contributed by atoms with Gasteiger partial charge in [-0.15, -0.1) is 0 Å². The van der Waals surface area contributed by atoms with E-state index >= 15 is 0 Å². The number of aryl methyl sites for hydroxylation is 1. The average Bonchev–Trinajstić information content (AvgIpc) is 2.32. The third-order valence-electron chi connectivity index (χ3n) is 2.50. The van der Waals surface area contributed by atoms with Gasteiger partial charge in [-0.25, -0.2) is 9.97 Å². The van der Waals surface area contributed by atoms with Gasteiger partial charge in [0, 0.05) is 23.8 Å². The molecule has 0 aromatic carbocycles. The Morgan fingerprint density at radius 3 is 2.65 bits per heavy atom. The minimum atomic E-state index is 0.387. The first-order valence-electron chi connectivity index (χ1n) is 6.05. The van der Waals surface area contributed by atoms with Crippen molar-refractivity contribution in [3.8, 4) is 0 Å². The van der Waals surface area contributed by atoms with Crippen LogP contribution in [0.25, 0.3) is 0 Å². The number of hydrogen-bond donors (Lipinski definition) is 2. The van der Waals surface area contributed by atoms with Crippen molar-refractivity contribution in [2.75, 3.05) is 22.6 Å². The van der Waals surface area contributed by atoms with Gasteiger partial charge >= 0.3 is 0 Å². The fourth-order valence-electron chi connectivity index (χ4n) is 1.45. The van der Waals surface area contributed by atoms with Crippen LogP contribution >= 0.6 is 11.8 Å².